The number of nitrogens with two attached hydrogens (primary N) is 1. The molecule has 0 spiro atoms. The summed E-state index contributed by atoms with van der Waals surface area (Å²) in [6, 6.07) is 3.63. The van der Waals surface area contributed by atoms with Gasteiger partial charge in [-0.3, -0.25) is 4.68 Å². The summed E-state index contributed by atoms with van der Waals surface area (Å²) in [5, 5.41) is 8.11. The third-order valence-electron chi connectivity index (χ3n) is 6.00. The maximum Gasteiger partial charge on any atom is 0.419 e. The van der Waals surface area contributed by atoms with Crippen LogP contribution in [0.4, 0.5) is 19.0 Å². The van der Waals surface area contributed by atoms with Crippen molar-refractivity contribution in [2.75, 3.05) is 12.3 Å². The second-order valence-electron chi connectivity index (χ2n) is 7.56. The van der Waals surface area contributed by atoms with Crippen LogP contribution in [0.5, 0.6) is 0 Å². The third-order valence-corrected chi connectivity index (χ3v) is 6.00. The van der Waals surface area contributed by atoms with Crippen molar-refractivity contribution < 1.29 is 13.2 Å². The van der Waals surface area contributed by atoms with Gasteiger partial charge in [0.2, 0.25) is 0 Å². The molecule has 4 fully saturated rings. The van der Waals surface area contributed by atoms with Crippen LogP contribution in [0.25, 0.3) is 11.3 Å². The van der Waals surface area contributed by atoms with Crippen molar-refractivity contribution in [2.24, 2.45) is 11.8 Å². The summed E-state index contributed by atoms with van der Waals surface area (Å²) in [6.45, 7) is 5.10. The van der Waals surface area contributed by atoms with Crippen LogP contribution in [-0.2, 0) is 11.6 Å². The van der Waals surface area contributed by atoms with Crippen molar-refractivity contribution >= 4 is 5.82 Å². The Labute approximate surface area is 142 Å². The number of fused-ring (bicyclic) bond motifs is 1. The lowest BCUT2D eigenvalue weighted by molar-refractivity contribution is -0.137. The quantitative estimate of drug-likeness (QED) is 0.894. The van der Waals surface area contributed by atoms with Crippen molar-refractivity contribution in [1.82, 2.24) is 20.1 Å². The molecule has 2 aromatic heterocycles. The molecule has 0 radical (unpaired) electrons. The van der Waals surface area contributed by atoms with Gasteiger partial charge in [0.25, 0.3) is 0 Å². The van der Waals surface area contributed by atoms with Crippen LogP contribution in [-0.4, -0.2) is 27.4 Å². The van der Waals surface area contributed by atoms with E-state index in [2.05, 4.69) is 15.4 Å². The molecule has 4 heterocycles. The zero-order valence-electron chi connectivity index (χ0n) is 13.8. The van der Waals surface area contributed by atoms with Crippen molar-refractivity contribution in [3.8, 4) is 11.3 Å². The number of alkyl halides is 3. The number of aromatic nitrogens is 3. The Hall–Kier alpha value is -2.09. The third kappa shape index (κ3) is 1.78. The van der Waals surface area contributed by atoms with Gasteiger partial charge in [0.15, 0.2) is 0 Å². The molecule has 4 aliphatic rings. The van der Waals surface area contributed by atoms with E-state index in [1.807, 2.05) is 24.6 Å². The largest absolute Gasteiger partial charge is 0.419 e. The number of nitrogen functional groups attached to an aromatic ring is 1. The Morgan fingerprint density at radius 3 is 2.68 bits per heavy atom. The maximum absolute atomic E-state index is 13.1. The summed E-state index contributed by atoms with van der Waals surface area (Å²) in [6.07, 6.45) is -3.17. The molecule has 1 unspecified atom stereocenters. The average Bonchev–Trinajstić information content (AvgIpc) is 3.09. The molecule has 2 saturated carbocycles. The predicted octanol–water partition coefficient (Wildman–Crippen LogP) is 2.60. The second kappa shape index (κ2) is 4.35. The molecule has 0 amide bonds. The molecule has 132 valence electrons. The van der Waals surface area contributed by atoms with Gasteiger partial charge >= 0.3 is 6.18 Å². The molecule has 2 saturated heterocycles. The second-order valence-corrected chi connectivity index (χ2v) is 7.56. The van der Waals surface area contributed by atoms with E-state index in [4.69, 9.17) is 5.73 Å². The molecule has 5 nitrogen and oxygen atoms in total. The molecule has 2 aliphatic carbocycles. The molecule has 0 aromatic carbocycles. The lowest BCUT2D eigenvalue weighted by Crippen LogP contribution is -2.19. The number of nitrogens with one attached hydrogen (secondary N) is 1. The van der Waals surface area contributed by atoms with E-state index >= 15 is 0 Å². The number of pyridine rings is 1. The van der Waals surface area contributed by atoms with E-state index in [-0.39, 0.29) is 11.5 Å². The van der Waals surface area contributed by atoms with Crippen molar-refractivity contribution in [3.05, 3.63) is 29.6 Å². The Morgan fingerprint density at radius 1 is 1.36 bits per heavy atom. The molecular weight excluding hydrogens is 331 g/mol. The molecule has 8 heteroatoms. The Balaban J connectivity index is 1.60. The van der Waals surface area contributed by atoms with Gasteiger partial charge in [-0.2, -0.15) is 18.3 Å². The van der Waals surface area contributed by atoms with Gasteiger partial charge in [-0.25, -0.2) is 4.98 Å². The fourth-order valence-corrected chi connectivity index (χ4v) is 4.75. The van der Waals surface area contributed by atoms with Crippen LogP contribution in [0.15, 0.2) is 18.3 Å². The molecule has 4 atom stereocenters. The summed E-state index contributed by atoms with van der Waals surface area (Å²) in [5.74, 6) is 0.810. The molecule has 3 N–H and O–H groups in total. The normalized spacial score (nSPS) is 32.2. The Bertz CT molecular complexity index is 863. The first kappa shape index (κ1) is 15.2. The number of nitrogens with zero attached hydrogens (tertiary/aromatic N) is 3. The smallest absolute Gasteiger partial charge is 0.383 e. The zero-order valence-corrected chi connectivity index (χ0v) is 13.8. The summed E-state index contributed by atoms with van der Waals surface area (Å²) in [4.78, 5) is 3.73. The molecule has 6 rings (SSSR count). The number of hydrogen-bond acceptors (Lipinski definition) is 4. The van der Waals surface area contributed by atoms with Gasteiger partial charge in [-0.1, -0.05) is 0 Å². The first-order chi connectivity index (χ1) is 11.8. The standard InChI is InChI=1S/C17H18F3N5/c1-7(2)25-12(16-10-6-22-14(16)13(10)16)4-11(24-25)8-3-9(17(18,19)20)15(21)23-5-8/h3-5,7,10,13-14,22H,6H2,1-2H3,(H2,21,23)/t10-,13-,14?,16-/m1/s1. The van der Waals surface area contributed by atoms with Gasteiger partial charge in [0.05, 0.1) is 11.3 Å². The first-order valence-corrected chi connectivity index (χ1v) is 8.42. The van der Waals surface area contributed by atoms with E-state index in [0.717, 1.165) is 18.3 Å². The topological polar surface area (TPSA) is 68.8 Å². The highest BCUT2D eigenvalue weighted by Gasteiger charge is 2.91. The molecular formula is C17H18F3N5. The summed E-state index contributed by atoms with van der Waals surface area (Å²) in [7, 11) is 0. The Morgan fingerprint density at radius 2 is 2.12 bits per heavy atom. The molecule has 2 aliphatic heterocycles. The first-order valence-electron chi connectivity index (χ1n) is 8.42. The molecule has 2 bridgehead atoms. The van der Waals surface area contributed by atoms with Crippen molar-refractivity contribution in [1.29, 1.82) is 0 Å². The molecule has 2 aromatic rings. The SMILES string of the molecule is CC(C)n1nc(-c2cnc(N)c(C(F)(F)F)c2)cc1[C@]12C3NC[C@@H]1[C@H]32. The highest BCUT2D eigenvalue weighted by atomic mass is 19.4. The van der Waals surface area contributed by atoms with Gasteiger partial charge in [-0.05, 0) is 44.4 Å². The van der Waals surface area contributed by atoms with Gasteiger partial charge in [0.1, 0.15) is 5.82 Å². The van der Waals surface area contributed by atoms with E-state index in [1.165, 1.54) is 6.20 Å². The lowest BCUT2D eigenvalue weighted by Gasteiger charge is -2.14. The van der Waals surface area contributed by atoms with Crippen LogP contribution in [0.3, 0.4) is 0 Å². The fourth-order valence-electron chi connectivity index (χ4n) is 4.75. The van der Waals surface area contributed by atoms with Crippen LogP contribution in [0.1, 0.15) is 31.1 Å². The van der Waals surface area contributed by atoms with Crippen LogP contribution in [0.2, 0.25) is 0 Å². The summed E-state index contributed by atoms with van der Waals surface area (Å²) in [5.41, 5.74) is 6.64. The van der Waals surface area contributed by atoms with Crippen LogP contribution >= 0.6 is 0 Å². The number of anilines is 1. The van der Waals surface area contributed by atoms with Gasteiger partial charge < -0.3 is 11.1 Å². The monoisotopic (exact) mass is 349 g/mol. The fraction of sp³-hybridized carbons (Fsp3) is 0.529. The predicted molar refractivity (Wildman–Crippen MR) is 85.7 cm³/mol. The molecule has 25 heavy (non-hydrogen) atoms. The minimum absolute atomic E-state index is 0.142. The Kier molecular flexibility index (Phi) is 2.64. The number of piperidine rings is 1. The zero-order chi connectivity index (χ0) is 17.7. The lowest BCUT2D eigenvalue weighted by atomic mass is 10.0. The van der Waals surface area contributed by atoms with Crippen LogP contribution in [0, 0.1) is 11.8 Å². The minimum Gasteiger partial charge on any atom is -0.383 e. The minimum atomic E-state index is -4.53. The van der Waals surface area contributed by atoms with E-state index in [9.17, 15) is 13.2 Å². The number of hydrogen-bond donors (Lipinski definition) is 2. The van der Waals surface area contributed by atoms with Crippen LogP contribution < -0.4 is 11.1 Å². The van der Waals surface area contributed by atoms with E-state index < -0.39 is 17.6 Å². The highest BCUT2D eigenvalue weighted by molar-refractivity contribution is 5.65. The maximum atomic E-state index is 13.1. The summed E-state index contributed by atoms with van der Waals surface area (Å²) >= 11 is 0. The number of rotatable bonds is 3. The van der Waals surface area contributed by atoms with Gasteiger partial charge in [-0.15, -0.1) is 0 Å². The van der Waals surface area contributed by atoms with Crippen molar-refractivity contribution in [3.63, 3.8) is 0 Å². The van der Waals surface area contributed by atoms with Crippen molar-refractivity contribution in [2.45, 2.75) is 37.5 Å². The van der Waals surface area contributed by atoms with E-state index in [0.29, 0.717) is 29.1 Å². The van der Waals surface area contributed by atoms with E-state index in [1.54, 1.807) is 0 Å². The highest BCUT2D eigenvalue weighted by Crippen LogP contribution is 2.82. The number of halogens is 3. The van der Waals surface area contributed by atoms with Gasteiger partial charge in [0, 0.05) is 35.0 Å². The average molecular weight is 349 g/mol. The summed E-state index contributed by atoms with van der Waals surface area (Å²) < 4.78 is 41.3.